The van der Waals surface area contributed by atoms with Crippen LogP contribution in [0.1, 0.15) is 28.4 Å². The number of anilines is 2. The molecule has 3 heterocycles. The average Bonchev–Trinajstić information content (AvgIpc) is 3.20. The van der Waals surface area contributed by atoms with Crippen molar-refractivity contribution in [3.05, 3.63) is 105 Å². The Bertz CT molecular complexity index is 1540. The molecule has 2 aliphatic heterocycles. The lowest BCUT2D eigenvalue weighted by atomic mass is 9.92. The van der Waals surface area contributed by atoms with Crippen molar-refractivity contribution in [2.75, 3.05) is 10.2 Å². The third kappa shape index (κ3) is 3.20. The quantitative estimate of drug-likeness (QED) is 0.340. The second-order valence-corrected chi connectivity index (χ2v) is 8.60. The molecule has 9 nitrogen and oxygen atoms in total. The lowest BCUT2D eigenvalue weighted by molar-refractivity contribution is -0.384. The summed E-state index contributed by atoms with van der Waals surface area (Å²) >= 11 is 0. The van der Waals surface area contributed by atoms with Gasteiger partial charge in [-0.15, -0.1) is 0 Å². The molecule has 1 N–H and O–H groups in total. The van der Waals surface area contributed by atoms with E-state index in [9.17, 15) is 14.9 Å². The fraction of sp³-hybridized carbons (Fsp3) is 0.115. The molecule has 0 aliphatic carbocycles. The van der Waals surface area contributed by atoms with Crippen LogP contribution in [0, 0.1) is 24.0 Å². The van der Waals surface area contributed by atoms with Crippen molar-refractivity contribution < 1.29 is 9.72 Å². The molecule has 2 aliphatic rings. The van der Waals surface area contributed by atoms with Gasteiger partial charge in [0.25, 0.3) is 11.6 Å². The Morgan fingerprint density at radius 3 is 2.40 bits per heavy atom. The van der Waals surface area contributed by atoms with Gasteiger partial charge in [-0.1, -0.05) is 42.0 Å². The molecule has 6 rings (SSSR count). The van der Waals surface area contributed by atoms with E-state index in [1.807, 2.05) is 55.1 Å². The van der Waals surface area contributed by atoms with Gasteiger partial charge in [-0.25, -0.2) is 9.67 Å². The van der Waals surface area contributed by atoms with E-state index >= 15 is 0 Å². The first kappa shape index (κ1) is 20.8. The van der Waals surface area contributed by atoms with E-state index in [0.29, 0.717) is 11.5 Å². The van der Waals surface area contributed by atoms with Crippen LogP contribution >= 0.6 is 0 Å². The number of nitro groups is 1. The molecule has 1 amide bonds. The zero-order valence-corrected chi connectivity index (χ0v) is 19.0. The molecule has 35 heavy (non-hydrogen) atoms. The van der Waals surface area contributed by atoms with Crippen LogP contribution in [0.15, 0.2) is 77.8 Å². The van der Waals surface area contributed by atoms with Crippen molar-refractivity contribution in [2.45, 2.75) is 19.9 Å². The van der Waals surface area contributed by atoms with Gasteiger partial charge in [0, 0.05) is 17.7 Å². The molecule has 1 atom stereocenters. The maximum absolute atomic E-state index is 13.2. The number of non-ortho nitro benzene ring substituents is 1. The van der Waals surface area contributed by atoms with Crippen LogP contribution in [0.5, 0.6) is 0 Å². The molecule has 0 saturated heterocycles. The number of hydrogen-bond donors (Lipinski definition) is 1. The molecule has 0 saturated carbocycles. The zero-order valence-electron chi connectivity index (χ0n) is 19.0. The monoisotopic (exact) mass is 464 g/mol. The number of fused-ring (bicyclic) bond motifs is 4. The Kier molecular flexibility index (Phi) is 4.53. The smallest absolute Gasteiger partial charge is 0.291 e. The number of benzene rings is 3. The summed E-state index contributed by atoms with van der Waals surface area (Å²) in [7, 11) is 0. The summed E-state index contributed by atoms with van der Waals surface area (Å²) in [4.78, 5) is 30.7. The maximum Gasteiger partial charge on any atom is 0.291 e. The molecular formula is C26H20N6O3. The van der Waals surface area contributed by atoms with Crippen LogP contribution < -0.4 is 10.2 Å². The normalized spacial score (nSPS) is 16.1. The van der Waals surface area contributed by atoms with E-state index in [0.717, 1.165) is 33.8 Å². The largest absolute Gasteiger partial charge is 0.317 e. The topological polar surface area (TPSA) is 106 Å². The van der Waals surface area contributed by atoms with E-state index in [-0.39, 0.29) is 23.5 Å². The van der Waals surface area contributed by atoms with Crippen molar-refractivity contribution in [1.82, 2.24) is 9.78 Å². The van der Waals surface area contributed by atoms with Gasteiger partial charge in [0.15, 0.2) is 5.82 Å². The second kappa shape index (κ2) is 7.63. The van der Waals surface area contributed by atoms with Crippen molar-refractivity contribution in [1.29, 1.82) is 0 Å². The summed E-state index contributed by atoms with van der Waals surface area (Å²) in [6, 6.07) is 21.7. The lowest BCUT2D eigenvalue weighted by Crippen LogP contribution is -2.48. The van der Waals surface area contributed by atoms with Gasteiger partial charge in [-0.3, -0.25) is 14.9 Å². The number of amides is 1. The number of nitrogens with one attached hydrogen (secondary N) is 1. The van der Waals surface area contributed by atoms with Gasteiger partial charge in [0.2, 0.25) is 5.84 Å². The van der Waals surface area contributed by atoms with Gasteiger partial charge < -0.3 is 10.2 Å². The fourth-order valence-electron chi connectivity index (χ4n) is 4.70. The molecule has 0 spiro atoms. The number of rotatable bonds is 3. The zero-order chi connectivity index (χ0) is 24.3. The van der Waals surface area contributed by atoms with Crippen LogP contribution in [0.3, 0.4) is 0 Å². The number of hydrogen-bond acceptors (Lipinski definition) is 6. The van der Waals surface area contributed by atoms with E-state index in [4.69, 9.17) is 10.1 Å². The summed E-state index contributed by atoms with van der Waals surface area (Å²) < 4.78 is 1.65. The standard InChI is InChI=1S/C26H20N6O3/c1-15-7-9-17(10-8-15)23-22-16(2)29-31(18-11-13-19(14-12-18)32(34)35)24(22)28-25-26(33)27-20-5-3-4-6-21(20)30(23)25/h3-14,23H,1-2H3,(H,27,33)/t23-/m0/s1. The van der Waals surface area contributed by atoms with Gasteiger partial charge in [-0.2, -0.15) is 5.10 Å². The minimum atomic E-state index is -0.442. The Balaban J connectivity index is 1.61. The van der Waals surface area contributed by atoms with Crippen LogP contribution in [0.25, 0.3) is 5.69 Å². The van der Waals surface area contributed by atoms with E-state index in [1.165, 1.54) is 12.1 Å². The van der Waals surface area contributed by atoms with Crippen molar-refractivity contribution in [3.8, 4) is 5.69 Å². The molecule has 0 bridgehead atoms. The number of nitro benzene ring substituents is 1. The maximum atomic E-state index is 13.2. The van der Waals surface area contributed by atoms with Gasteiger partial charge >= 0.3 is 0 Å². The van der Waals surface area contributed by atoms with E-state index in [1.54, 1.807) is 16.8 Å². The fourth-order valence-corrected chi connectivity index (χ4v) is 4.70. The first-order chi connectivity index (χ1) is 16.9. The highest BCUT2D eigenvalue weighted by atomic mass is 16.6. The molecule has 9 heteroatoms. The number of aromatic nitrogens is 2. The average molecular weight is 464 g/mol. The first-order valence-electron chi connectivity index (χ1n) is 11.1. The summed E-state index contributed by atoms with van der Waals surface area (Å²) in [6.07, 6.45) is 0. The molecule has 3 aromatic carbocycles. The molecule has 4 aromatic rings. The Labute approximate surface area is 200 Å². The highest BCUT2D eigenvalue weighted by molar-refractivity contribution is 6.50. The molecule has 0 fully saturated rings. The molecule has 0 radical (unpaired) electrons. The third-order valence-electron chi connectivity index (χ3n) is 6.37. The number of carbonyl (C=O) groups excluding carboxylic acids is 1. The van der Waals surface area contributed by atoms with Crippen molar-refractivity contribution in [2.24, 2.45) is 4.99 Å². The number of carbonyl (C=O) groups is 1. The van der Waals surface area contributed by atoms with E-state index in [2.05, 4.69) is 17.4 Å². The third-order valence-corrected chi connectivity index (χ3v) is 6.37. The number of nitrogens with zero attached hydrogens (tertiary/aromatic N) is 5. The predicted octanol–water partition coefficient (Wildman–Crippen LogP) is 4.99. The molecular weight excluding hydrogens is 444 g/mol. The Morgan fingerprint density at radius 2 is 1.69 bits per heavy atom. The number of aryl methyl sites for hydroxylation is 2. The highest BCUT2D eigenvalue weighted by Crippen LogP contribution is 2.47. The Morgan fingerprint density at radius 1 is 0.971 bits per heavy atom. The molecule has 0 unspecified atom stereocenters. The summed E-state index contributed by atoms with van der Waals surface area (Å²) in [5.41, 5.74) is 5.95. The van der Waals surface area contributed by atoms with Crippen LogP contribution in [-0.4, -0.2) is 26.4 Å². The highest BCUT2D eigenvalue weighted by Gasteiger charge is 2.42. The van der Waals surface area contributed by atoms with Crippen molar-refractivity contribution in [3.63, 3.8) is 0 Å². The van der Waals surface area contributed by atoms with Crippen LogP contribution in [0.4, 0.5) is 22.9 Å². The van der Waals surface area contributed by atoms with Crippen LogP contribution in [-0.2, 0) is 4.79 Å². The van der Waals surface area contributed by atoms with Crippen molar-refractivity contribution >= 4 is 34.6 Å². The van der Waals surface area contributed by atoms with Gasteiger partial charge in [-0.05, 0) is 43.7 Å². The summed E-state index contributed by atoms with van der Waals surface area (Å²) in [5.74, 6) is 0.494. The van der Waals surface area contributed by atoms with Crippen LogP contribution in [0.2, 0.25) is 0 Å². The SMILES string of the molecule is Cc1ccc([C@H]2c3c(C)nn(-c4ccc([N+](=O)[O-])cc4)c3N=C3C(=O)Nc4ccccc4N32)cc1. The molecule has 172 valence electrons. The number of aliphatic imine (C=N–C) groups is 1. The van der Waals surface area contributed by atoms with E-state index < -0.39 is 4.92 Å². The lowest BCUT2D eigenvalue weighted by Gasteiger charge is -2.40. The minimum Gasteiger partial charge on any atom is -0.317 e. The molecule has 1 aromatic heterocycles. The first-order valence-corrected chi connectivity index (χ1v) is 11.1. The Hall–Kier alpha value is -4.79. The second-order valence-electron chi connectivity index (χ2n) is 8.60. The predicted molar refractivity (Wildman–Crippen MR) is 133 cm³/mol. The number of para-hydroxylation sites is 2. The van der Waals surface area contributed by atoms with Gasteiger partial charge in [0.1, 0.15) is 0 Å². The number of amidine groups is 1. The van der Waals surface area contributed by atoms with Gasteiger partial charge in [0.05, 0.1) is 33.7 Å². The summed E-state index contributed by atoms with van der Waals surface area (Å²) in [5, 5.41) is 18.8. The minimum absolute atomic E-state index is 0.00946. The summed E-state index contributed by atoms with van der Waals surface area (Å²) in [6.45, 7) is 3.95.